The van der Waals surface area contributed by atoms with Crippen molar-refractivity contribution in [2.45, 2.75) is 6.54 Å². The smallest absolute Gasteiger partial charge is 0.335 e. The monoisotopic (exact) mass is 338 g/mol. The molecule has 0 unspecified atom stereocenters. The summed E-state index contributed by atoms with van der Waals surface area (Å²) in [4.78, 5) is 25.3. The Morgan fingerprint density at radius 2 is 1.80 bits per heavy atom. The van der Waals surface area contributed by atoms with E-state index in [1.807, 2.05) is 29.1 Å². The van der Waals surface area contributed by atoms with Gasteiger partial charge in [0.15, 0.2) is 0 Å². The zero-order valence-corrected chi connectivity index (χ0v) is 14.0. The molecule has 128 valence electrons. The Morgan fingerprint density at radius 3 is 2.40 bits per heavy atom. The average Bonchev–Trinajstić information content (AvgIpc) is 3.23. The Morgan fingerprint density at radius 1 is 1.16 bits per heavy atom. The van der Waals surface area contributed by atoms with Crippen molar-refractivity contribution in [2.75, 3.05) is 7.05 Å². The van der Waals surface area contributed by atoms with Crippen LogP contribution in [0.15, 0.2) is 55.0 Å². The molecular weight excluding hydrogens is 320 g/mol. The third-order valence-corrected chi connectivity index (χ3v) is 3.95. The van der Waals surface area contributed by atoms with E-state index in [2.05, 4.69) is 5.10 Å². The van der Waals surface area contributed by atoms with Crippen molar-refractivity contribution in [1.82, 2.24) is 19.2 Å². The molecule has 0 fully saturated rings. The molecule has 2 heterocycles. The van der Waals surface area contributed by atoms with Crippen LogP contribution in [0.2, 0.25) is 0 Å². The largest absolute Gasteiger partial charge is 0.478 e. The van der Waals surface area contributed by atoms with E-state index in [0.717, 1.165) is 5.56 Å². The highest BCUT2D eigenvalue weighted by Crippen LogP contribution is 2.17. The van der Waals surface area contributed by atoms with Crippen LogP contribution in [-0.4, -0.2) is 43.3 Å². The zero-order valence-electron chi connectivity index (χ0n) is 14.0. The summed E-state index contributed by atoms with van der Waals surface area (Å²) in [6.07, 6.45) is 5.28. The van der Waals surface area contributed by atoms with Gasteiger partial charge >= 0.3 is 5.97 Å². The van der Waals surface area contributed by atoms with Gasteiger partial charge in [-0.3, -0.25) is 9.48 Å². The maximum Gasteiger partial charge on any atom is 0.335 e. The average molecular weight is 338 g/mol. The third kappa shape index (κ3) is 3.30. The number of nitrogens with zero attached hydrogens (tertiary/aromatic N) is 4. The number of carboxylic acid groups (broad SMARTS) is 1. The van der Waals surface area contributed by atoms with Crippen LogP contribution in [-0.2, 0) is 13.6 Å². The summed E-state index contributed by atoms with van der Waals surface area (Å²) < 4.78 is 3.50. The second kappa shape index (κ2) is 6.64. The SMILES string of the molecule is CN(Cc1ccc(C(=O)O)cc1)C(=O)c1cnn(C)c1-n1cccc1. The minimum atomic E-state index is -0.970. The lowest BCUT2D eigenvalue weighted by molar-refractivity contribution is 0.0695. The molecule has 0 atom stereocenters. The maximum atomic E-state index is 12.8. The highest BCUT2D eigenvalue weighted by molar-refractivity contribution is 5.97. The Bertz CT molecular complexity index is 895. The van der Waals surface area contributed by atoms with E-state index in [1.165, 1.54) is 12.1 Å². The Hall–Kier alpha value is -3.35. The van der Waals surface area contributed by atoms with Gasteiger partial charge in [-0.05, 0) is 29.8 Å². The van der Waals surface area contributed by atoms with Crippen molar-refractivity contribution in [1.29, 1.82) is 0 Å². The second-order valence-corrected chi connectivity index (χ2v) is 5.76. The first-order valence-corrected chi connectivity index (χ1v) is 7.70. The van der Waals surface area contributed by atoms with Crippen molar-refractivity contribution in [3.63, 3.8) is 0 Å². The van der Waals surface area contributed by atoms with E-state index >= 15 is 0 Å². The van der Waals surface area contributed by atoms with E-state index in [4.69, 9.17) is 5.11 Å². The Balaban J connectivity index is 1.80. The fourth-order valence-electron chi connectivity index (χ4n) is 2.67. The van der Waals surface area contributed by atoms with Crippen molar-refractivity contribution in [3.05, 3.63) is 71.7 Å². The normalized spacial score (nSPS) is 10.6. The van der Waals surface area contributed by atoms with Gasteiger partial charge in [0.1, 0.15) is 11.4 Å². The summed E-state index contributed by atoms with van der Waals surface area (Å²) in [6, 6.07) is 10.3. The molecule has 3 aromatic rings. The summed E-state index contributed by atoms with van der Waals surface area (Å²) in [6.45, 7) is 0.374. The predicted molar refractivity (Wildman–Crippen MR) is 91.7 cm³/mol. The molecular formula is C18H18N4O3. The molecule has 1 N–H and O–H groups in total. The number of rotatable bonds is 5. The van der Waals surface area contributed by atoms with E-state index < -0.39 is 5.97 Å². The predicted octanol–water partition coefficient (Wildman–Crippen LogP) is 2.18. The number of aromatic nitrogens is 3. The van der Waals surface area contributed by atoms with Gasteiger partial charge in [0.25, 0.3) is 5.91 Å². The van der Waals surface area contributed by atoms with Gasteiger partial charge in [0, 0.05) is 33.0 Å². The minimum absolute atomic E-state index is 0.154. The van der Waals surface area contributed by atoms with E-state index in [0.29, 0.717) is 17.9 Å². The van der Waals surface area contributed by atoms with Crippen LogP contribution in [0.25, 0.3) is 5.82 Å². The van der Waals surface area contributed by atoms with Crippen LogP contribution < -0.4 is 0 Å². The molecule has 0 aliphatic carbocycles. The third-order valence-electron chi connectivity index (χ3n) is 3.95. The second-order valence-electron chi connectivity index (χ2n) is 5.76. The molecule has 25 heavy (non-hydrogen) atoms. The fourth-order valence-corrected chi connectivity index (χ4v) is 2.67. The first-order chi connectivity index (χ1) is 12.0. The minimum Gasteiger partial charge on any atom is -0.478 e. The summed E-state index contributed by atoms with van der Waals surface area (Å²) in [5, 5.41) is 13.1. The van der Waals surface area contributed by atoms with E-state index in [1.54, 1.807) is 42.0 Å². The lowest BCUT2D eigenvalue weighted by Gasteiger charge is -2.18. The quantitative estimate of drug-likeness (QED) is 0.773. The highest BCUT2D eigenvalue weighted by Gasteiger charge is 2.20. The van der Waals surface area contributed by atoms with Crippen LogP contribution in [0.3, 0.4) is 0 Å². The molecule has 1 aromatic carbocycles. The number of hydrogen-bond acceptors (Lipinski definition) is 3. The van der Waals surface area contributed by atoms with Gasteiger partial charge in [0.05, 0.1) is 11.8 Å². The molecule has 0 aliphatic rings. The molecule has 0 radical (unpaired) electrons. The van der Waals surface area contributed by atoms with Crippen LogP contribution >= 0.6 is 0 Å². The molecule has 0 bridgehead atoms. The van der Waals surface area contributed by atoms with Crippen LogP contribution in [0.1, 0.15) is 26.3 Å². The zero-order chi connectivity index (χ0) is 18.0. The number of aryl methyl sites for hydroxylation is 1. The number of amides is 1. The topological polar surface area (TPSA) is 80.4 Å². The lowest BCUT2D eigenvalue weighted by atomic mass is 10.1. The Kier molecular flexibility index (Phi) is 4.38. The Labute approximate surface area is 144 Å². The molecule has 7 heteroatoms. The lowest BCUT2D eigenvalue weighted by Crippen LogP contribution is -2.27. The first kappa shape index (κ1) is 16.5. The van der Waals surface area contributed by atoms with Crippen molar-refractivity contribution in [3.8, 4) is 5.82 Å². The summed E-state index contributed by atoms with van der Waals surface area (Å²) in [5.74, 6) is -0.426. The molecule has 0 spiro atoms. The fraction of sp³-hybridized carbons (Fsp3) is 0.167. The van der Waals surface area contributed by atoms with Gasteiger partial charge in [-0.2, -0.15) is 5.10 Å². The standard InChI is InChI=1S/C18H18N4O3/c1-20(12-13-5-7-14(8-6-13)18(24)25)17(23)15-11-19-21(2)16(15)22-9-3-4-10-22/h3-11H,12H2,1-2H3,(H,24,25). The molecule has 0 saturated carbocycles. The number of benzene rings is 1. The van der Waals surface area contributed by atoms with Gasteiger partial charge in [-0.1, -0.05) is 12.1 Å². The summed E-state index contributed by atoms with van der Waals surface area (Å²) >= 11 is 0. The van der Waals surface area contributed by atoms with Gasteiger partial charge < -0.3 is 14.6 Å². The molecule has 7 nitrogen and oxygen atoms in total. The first-order valence-electron chi connectivity index (χ1n) is 7.70. The van der Waals surface area contributed by atoms with E-state index in [-0.39, 0.29) is 11.5 Å². The number of carbonyl (C=O) groups is 2. The number of aromatic carboxylic acids is 1. The van der Waals surface area contributed by atoms with Crippen molar-refractivity contribution >= 4 is 11.9 Å². The maximum absolute atomic E-state index is 12.8. The highest BCUT2D eigenvalue weighted by atomic mass is 16.4. The van der Waals surface area contributed by atoms with Crippen LogP contribution in [0.5, 0.6) is 0 Å². The van der Waals surface area contributed by atoms with Crippen LogP contribution in [0, 0.1) is 0 Å². The number of hydrogen-bond donors (Lipinski definition) is 1. The van der Waals surface area contributed by atoms with E-state index in [9.17, 15) is 9.59 Å². The van der Waals surface area contributed by atoms with Crippen molar-refractivity contribution in [2.24, 2.45) is 7.05 Å². The van der Waals surface area contributed by atoms with Gasteiger partial charge in [0.2, 0.25) is 0 Å². The van der Waals surface area contributed by atoms with Gasteiger partial charge in [-0.25, -0.2) is 4.79 Å². The van der Waals surface area contributed by atoms with Crippen LogP contribution in [0.4, 0.5) is 0 Å². The molecule has 0 saturated heterocycles. The summed E-state index contributed by atoms with van der Waals surface area (Å²) in [5.41, 5.74) is 1.58. The molecule has 1 amide bonds. The molecule has 0 aliphatic heterocycles. The summed E-state index contributed by atoms with van der Waals surface area (Å²) in [7, 11) is 3.50. The number of carbonyl (C=O) groups excluding carboxylic acids is 1. The molecule has 2 aromatic heterocycles. The number of carboxylic acids is 1. The molecule has 3 rings (SSSR count). The van der Waals surface area contributed by atoms with Gasteiger partial charge in [-0.15, -0.1) is 0 Å². The van der Waals surface area contributed by atoms with Crippen molar-refractivity contribution < 1.29 is 14.7 Å².